The molecule has 1 saturated carbocycles. The van der Waals surface area contributed by atoms with Crippen LogP contribution in [0, 0.1) is 0 Å². The first kappa shape index (κ1) is 9.27. The maximum Gasteiger partial charge on any atom is 0.160 e. The summed E-state index contributed by atoms with van der Waals surface area (Å²) in [6.07, 6.45) is 2.35. The Morgan fingerprint density at radius 1 is 1.19 bits per heavy atom. The highest BCUT2D eigenvalue weighted by atomic mass is 15.4. The number of aromatic nitrogens is 2. The summed E-state index contributed by atoms with van der Waals surface area (Å²) in [6.45, 7) is 0. The minimum Gasteiger partial charge on any atom is -0.382 e. The van der Waals surface area contributed by atoms with E-state index in [2.05, 4.69) is 4.98 Å². The van der Waals surface area contributed by atoms with Gasteiger partial charge in [0.2, 0.25) is 0 Å². The quantitative estimate of drug-likeness (QED) is 0.748. The van der Waals surface area contributed by atoms with Crippen LogP contribution in [0.15, 0.2) is 30.3 Å². The summed E-state index contributed by atoms with van der Waals surface area (Å²) in [6, 6.07) is 9.89. The Kier molecular flexibility index (Phi) is 1.89. The van der Waals surface area contributed by atoms with E-state index in [0.29, 0.717) is 11.7 Å². The van der Waals surface area contributed by atoms with Gasteiger partial charge in [0.1, 0.15) is 5.82 Å². The number of benzene rings is 1. The van der Waals surface area contributed by atoms with Gasteiger partial charge in [0.25, 0.3) is 0 Å². The van der Waals surface area contributed by atoms with E-state index in [0.717, 1.165) is 17.1 Å². The average molecular weight is 214 g/mol. The van der Waals surface area contributed by atoms with Gasteiger partial charge in [-0.1, -0.05) is 30.3 Å². The topological polar surface area (TPSA) is 69.9 Å². The van der Waals surface area contributed by atoms with E-state index in [9.17, 15) is 0 Å². The second kappa shape index (κ2) is 3.27. The van der Waals surface area contributed by atoms with E-state index in [1.165, 1.54) is 17.5 Å². The fourth-order valence-corrected chi connectivity index (χ4v) is 1.91. The fraction of sp³-hybridized carbons (Fsp3) is 0.250. The van der Waals surface area contributed by atoms with Gasteiger partial charge in [0.15, 0.2) is 5.82 Å². The lowest BCUT2D eigenvalue weighted by atomic mass is 10.2. The lowest BCUT2D eigenvalue weighted by Gasteiger charge is -2.01. The number of nitrogens with zero attached hydrogens (tertiary/aromatic N) is 2. The third kappa shape index (κ3) is 1.34. The van der Waals surface area contributed by atoms with Crippen molar-refractivity contribution in [2.45, 2.75) is 18.8 Å². The van der Waals surface area contributed by atoms with Gasteiger partial charge in [-0.05, 0) is 12.8 Å². The molecule has 0 bridgehead atoms. The Labute approximate surface area is 93.9 Å². The smallest absolute Gasteiger partial charge is 0.160 e. The highest BCUT2D eigenvalue weighted by molar-refractivity contribution is 5.61. The first-order valence-corrected chi connectivity index (χ1v) is 5.46. The second-order valence-corrected chi connectivity index (χ2v) is 4.22. The second-order valence-electron chi connectivity index (χ2n) is 4.22. The molecule has 4 nitrogen and oxygen atoms in total. The van der Waals surface area contributed by atoms with Crippen LogP contribution in [0.1, 0.15) is 24.5 Å². The van der Waals surface area contributed by atoms with Crippen molar-refractivity contribution in [2.24, 2.45) is 0 Å². The zero-order valence-electron chi connectivity index (χ0n) is 8.93. The predicted octanol–water partition coefficient (Wildman–Crippen LogP) is 1.72. The summed E-state index contributed by atoms with van der Waals surface area (Å²) in [5, 5.41) is 0. The minimum atomic E-state index is 0.521. The van der Waals surface area contributed by atoms with Crippen LogP contribution in [0.25, 0.3) is 11.4 Å². The standard InChI is InChI=1S/C12H14N4/c13-11-10(8-6-7-8)15-12(16(11)14)9-4-2-1-3-5-9/h1-5,8H,6-7,13-14H2. The van der Waals surface area contributed by atoms with Gasteiger partial charge in [-0.2, -0.15) is 0 Å². The van der Waals surface area contributed by atoms with Crippen molar-refractivity contribution in [3.8, 4) is 11.4 Å². The van der Waals surface area contributed by atoms with Crippen LogP contribution in [-0.2, 0) is 0 Å². The minimum absolute atomic E-state index is 0.521. The molecule has 1 aromatic carbocycles. The monoisotopic (exact) mass is 214 g/mol. The van der Waals surface area contributed by atoms with Crippen LogP contribution in [0.4, 0.5) is 5.82 Å². The van der Waals surface area contributed by atoms with E-state index in [4.69, 9.17) is 11.6 Å². The molecule has 2 aromatic rings. The third-order valence-corrected chi connectivity index (χ3v) is 2.97. The molecule has 0 amide bonds. The predicted molar refractivity (Wildman–Crippen MR) is 64.2 cm³/mol. The molecule has 4 heteroatoms. The van der Waals surface area contributed by atoms with Crippen LogP contribution >= 0.6 is 0 Å². The molecule has 3 rings (SSSR count). The van der Waals surface area contributed by atoms with E-state index in [1.54, 1.807) is 0 Å². The average Bonchev–Trinajstić information content (AvgIpc) is 3.10. The van der Waals surface area contributed by atoms with Crippen molar-refractivity contribution in [3.05, 3.63) is 36.0 Å². The molecule has 0 unspecified atom stereocenters. The van der Waals surface area contributed by atoms with Crippen molar-refractivity contribution in [2.75, 3.05) is 11.6 Å². The van der Waals surface area contributed by atoms with Crippen molar-refractivity contribution >= 4 is 5.82 Å². The lowest BCUT2D eigenvalue weighted by molar-refractivity contribution is 1.02. The fourth-order valence-electron chi connectivity index (χ4n) is 1.91. The molecule has 0 spiro atoms. The molecule has 1 fully saturated rings. The van der Waals surface area contributed by atoms with Gasteiger partial charge in [0.05, 0.1) is 5.69 Å². The van der Waals surface area contributed by atoms with E-state index >= 15 is 0 Å². The molecule has 1 aliphatic rings. The van der Waals surface area contributed by atoms with Crippen LogP contribution in [-0.4, -0.2) is 9.66 Å². The molecule has 0 radical (unpaired) electrons. The molecular weight excluding hydrogens is 200 g/mol. The SMILES string of the molecule is Nc1c(C2CC2)nc(-c2ccccc2)n1N. The Hall–Kier alpha value is -1.97. The Bertz CT molecular complexity index is 511. The molecule has 0 aliphatic heterocycles. The first-order chi connectivity index (χ1) is 7.77. The molecule has 1 aliphatic carbocycles. The molecule has 1 heterocycles. The van der Waals surface area contributed by atoms with Crippen molar-refractivity contribution in [3.63, 3.8) is 0 Å². The van der Waals surface area contributed by atoms with Gasteiger partial charge < -0.3 is 11.6 Å². The molecular formula is C12H14N4. The number of rotatable bonds is 2. The Morgan fingerprint density at radius 3 is 2.50 bits per heavy atom. The molecule has 0 saturated heterocycles. The zero-order valence-corrected chi connectivity index (χ0v) is 8.93. The van der Waals surface area contributed by atoms with Crippen molar-refractivity contribution in [1.82, 2.24) is 9.66 Å². The van der Waals surface area contributed by atoms with Crippen LogP contribution < -0.4 is 11.6 Å². The largest absolute Gasteiger partial charge is 0.382 e. The maximum absolute atomic E-state index is 5.96. The van der Waals surface area contributed by atoms with Gasteiger partial charge in [0, 0.05) is 11.5 Å². The van der Waals surface area contributed by atoms with Gasteiger partial charge in [-0.15, -0.1) is 0 Å². The number of imidazole rings is 1. The molecule has 0 atom stereocenters. The summed E-state index contributed by atoms with van der Waals surface area (Å²) in [4.78, 5) is 4.55. The summed E-state index contributed by atoms with van der Waals surface area (Å²) in [7, 11) is 0. The first-order valence-electron chi connectivity index (χ1n) is 5.46. The maximum atomic E-state index is 5.96. The molecule has 16 heavy (non-hydrogen) atoms. The van der Waals surface area contributed by atoms with E-state index in [-0.39, 0.29) is 0 Å². The van der Waals surface area contributed by atoms with Crippen LogP contribution in [0.3, 0.4) is 0 Å². The normalized spacial score (nSPS) is 15.2. The van der Waals surface area contributed by atoms with Crippen LogP contribution in [0.2, 0.25) is 0 Å². The van der Waals surface area contributed by atoms with E-state index < -0.39 is 0 Å². The number of hydrogen-bond acceptors (Lipinski definition) is 3. The summed E-state index contributed by atoms with van der Waals surface area (Å²) in [5.74, 6) is 7.80. The van der Waals surface area contributed by atoms with Gasteiger partial charge >= 0.3 is 0 Å². The van der Waals surface area contributed by atoms with Crippen molar-refractivity contribution < 1.29 is 0 Å². The van der Waals surface area contributed by atoms with Gasteiger partial charge in [-0.25, -0.2) is 9.66 Å². The highest BCUT2D eigenvalue weighted by Gasteiger charge is 2.30. The third-order valence-electron chi connectivity index (χ3n) is 2.97. The van der Waals surface area contributed by atoms with E-state index in [1.807, 2.05) is 30.3 Å². The summed E-state index contributed by atoms with van der Waals surface area (Å²) < 4.78 is 1.49. The number of hydrogen-bond donors (Lipinski definition) is 2. The van der Waals surface area contributed by atoms with Crippen molar-refractivity contribution in [1.29, 1.82) is 0 Å². The molecule has 82 valence electrons. The molecule has 4 N–H and O–H groups in total. The number of nitrogens with two attached hydrogens (primary N) is 2. The Morgan fingerprint density at radius 2 is 1.88 bits per heavy atom. The lowest BCUT2D eigenvalue weighted by Crippen LogP contribution is -2.13. The summed E-state index contributed by atoms with van der Waals surface area (Å²) in [5.41, 5.74) is 7.92. The highest BCUT2D eigenvalue weighted by Crippen LogP contribution is 2.42. The zero-order chi connectivity index (χ0) is 11.1. The number of anilines is 1. The molecule has 1 aromatic heterocycles. The summed E-state index contributed by atoms with van der Waals surface area (Å²) >= 11 is 0. The van der Waals surface area contributed by atoms with Crippen LogP contribution in [0.5, 0.6) is 0 Å². The Balaban J connectivity index is 2.11. The number of nitrogen functional groups attached to an aromatic ring is 2. The van der Waals surface area contributed by atoms with Gasteiger partial charge in [-0.3, -0.25) is 0 Å².